The summed E-state index contributed by atoms with van der Waals surface area (Å²) < 4.78 is 23.4. The Hall–Kier alpha value is -1.48. The van der Waals surface area contributed by atoms with E-state index in [0.717, 1.165) is 0 Å². The zero-order chi connectivity index (χ0) is 20.2. The monoisotopic (exact) mass is 394 g/mol. The molecule has 0 radical (unpaired) electrons. The average Bonchev–Trinajstić information content (AvgIpc) is 3.45. The molecule has 10 atom stereocenters. The highest BCUT2D eigenvalue weighted by Gasteiger charge is 2.91. The van der Waals surface area contributed by atoms with E-state index in [2.05, 4.69) is 0 Å². The van der Waals surface area contributed by atoms with Gasteiger partial charge in [-0.2, -0.15) is 0 Å². The highest BCUT2D eigenvalue weighted by atomic mass is 16.7. The van der Waals surface area contributed by atoms with E-state index < -0.39 is 65.5 Å². The highest BCUT2D eigenvalue weighted by Crippen LogP contribution is 2.74. The van der Waals surface area contributed by atoms with Crippen LogP contribution >= 0.6 is 0 Å². The Balaban J connectivity index is 1.52. The molecule has 0 amide bonds. The molecule has 5 fully saturated rings. The second kappa shape index (κ2) is 5.36. The van der Waals surface area contributed by atoms with Gasteiger partial charge in [0, 0.05) is 17.4 Å². The molecule has 5 rings (SSSR count). The summed E-state index contributed by atoms with van der Waals surface area (Å²) in [5, 5.41) is 21.1. The van der Waals surface area contributed by atoms with Crippen molar-refractivity contribution in [2.24, 2.45) is 17.8 Å². The van der Waals surface area contributed by atoms with Gasteiger partial charge in [-0.05, 0) is 34.1 Å². The standard InChI is InChI=1S/C20H26O8/c1-5-8(2)16(23)25-11-6-10-18(3)15(27-18)13-12(9(7-21)17(24)26-13)14(22)20(10)19(11,4)28-20/h5,9-15,21-22H,6-7H2,1-4H3/b8-5+/t9-,10+,11-,12+,13-,14-,15-,18+,19+,20+/m0/s1. The van der Waals surface area contributed by atoms with Crippen LogP contribution in [-0.2, 0) is 28.5 Å². The van der Waals surface area contributed by atoms with Crippen molar-refractivity contribution in [3.8, 4) is 0 Å². The van der Waals surface area contributed by atoms with Gasteiger partial charge in [0.1, 0.15) is 35.1 Å². The van der Waals surface area contributed by atoms with Crippen LogP contribution in [0.5, 0.6) is 0 Å². The smallest absolute Gasteiger partial charge is 0.333 e. The number of hydrogen-bond donors (Lipinski definition) is 2. The number of aliphatic hydroxyl groups is 2. The van der Waals surface area contributed by atoms with Crippen molar-refractivity contribution < 1.29 is 38.7 Å². The maximum absolute atomic E-state index is 12.3. The van der Waals surface area contributed by atoms with Crippen LogP contribution < -0.4 is 0 Å². The van der Waals surface area contributed by atoms with Crippen LogP contribution in [0, 0.1) is 17.8 Å². The van der Waals surface area contributed by atoms with Gasteiger partial charge in [0.2, 0.25) is 0 Å². The van der Waals surface area contributed by atoms with Crippen LogP contribution in [0.1, 0.15) is 34.1 Å². The van der Waals surface area contributed by atoms with Crippen molar-refractivity contribution in [2.45, 2.75) is 75.3 Å². The van der Waals surface area contributed by atoms with Crippen LogP contribution in [0.3, 0.4) is 0 Å². The van der Waals surface area contributed by atoms with Crippen LogP contribution in [0.25, 0.3) is 0 Å². The van der Waals surface area contributed by atoms with E-state index in [4.69, 9.17) is 18.9 Å². The molecule has 2 N–H and O–H groups in total. The summed E-state index contributed by atoms with van der Waals surface area (Å²) in [6.07, 6.45) is -0.341. The zero-order valence-electron chi connectivity index (χ0n) is 16.4. The number of fused-ring (bicyclic) bond motifs is 4. The van der Waals surface area contributed by atoms with E-state index >= 15 is 0 Å². The second-order valence-electron chi connectivity index (χ2n) is 9.09. The number of epoxide rings is 2. The van der Waals surface area contributed by atoms with Gasteiger partial charge < -0.3 is 29.2 Å². The minimum absolute atomic E-state index is 0.211. The third-order valence-corrected chi connectivity index (χ3v) is 7.98. The first-order valence-electron chi connectivity index (χ1n) is 9.87. The van der Waals surface area contributed by atoms with E-state index in [9.17, 15) is 19.8 Å². The molecular weight excluding hydrogens is 368 g/mol. The quantitative estimate of drug-likeness (QED) is 0.393. The Morgan fingerprint density at radius 1 is 1.39 bits per heavy atom. The summed E-state index contributed by atoms with van der Waals surface area (Å²) in [7, 11) is 0. The van der Waals surface area contributed by atoms with Gasteiger partial charge in [-0.25, -0.2) is 4.79 Å². The molecule has 2 aliphatic carbocycles. The van der Waals surface area contributed by atoms with Crippen LogP contribution in [-0.4, -0.2) is 70.0 Å². The van der Waals surface area contributed by atoms with E-state index in [-0.39, 0.29) is 12.0 Å². The van der Waals surface area contributed by atoms with Crippen LogP contribution in [0.2, 0.25) is 0 Å². The Morgan fingerprint density at radius 2 is 2.11 bits per heavy atom. The van der Waals surface area contributed by atoms with E-state index in [1.807, 2.05) is 13.8 Å². The average molecular weight is 394 g/mol. The molecule has 8 heteroatoms. The maximum atomic E-state index is 12.3. The van der Waals surface area contributed by atoms with Crippen molar-refractivity contribution in [3.63, 3.8) is 0 Å². The molecule has 5 aliphatic rings. The number of carbonyl (C=O) groups excluding carboxylic acids is 2. The molecule has 3 aliphatic heterocycles. The maximum Gasteiger partial charge on any atom is 0.333 e. The van der Waals surface area contributed by atoms with Crippen molar-refractivity contribution in [2.75, 3.05) is 6.61 Å². The number of hydrogen-bond acceptors (Lipinski definition) is 8. The third kappa shape index (κ3) is 1.90. The molecule has 3 saturated heterocycles. The number of rotatable bonds is 3. The first kappa shape index (κ1) is 18.5. The van der Waals surface area contributed by atoms with Gasteiger partial charge in [0.05, 0.1) is 18.6 Å². The second-order valence-corrected chi connectivity index (χ2v) is 9.09. The predicted octanol–water partition coefficient (Wildman–Crippen LogP) is 0.0941. The molecule has 0 bridgehead atoms. The summed E-state index contributed by atoms with van der Waals surface area (Å²) in [4.78, 5) is 24.6. The lowest BCUT2D eigenvalue weighted by molar-refractivity contribution is -0.149. The van der Waals surface area contributed by atoms with Gasteiger partial charge in [-0.1, -0.05) is 6.08 Å². The molecule has 0 aromatic carbocycles. The normalized spacial score (nSPS) is 56.0. The largest absolute Gasteiger partial charge is 0.459 e. The Morgan fingerprint density at radius 3 is 2.75 bits per heavy atom. The summed E-state index contributed by atoms with van der Waals surface area (Å²) in [6, 6.07) is 0. The fourth-order valence-corrected chi connectivity index (χ4v) is 6.14. The fraction of sp³-hybridized carbons (Fsp3) is 0.800. The van der Waals surface area contributed by atoms with Crippen molar-refractivity contribution in [1.82, 2.24) is 0 Å². The number of esters is 2. The number of allylic oxidation sites excluding steroid dienone is 1. The zero-order valence-corrected chi connectivity index (χ0v) is 16.4. The van der Waals surface area contributed by atoms with Crippen LogP contribution in [0.4, 0.5) is 0 Å². The van der Waals surface area contributed by atoms with Gasteiger partial charge >= 0.3 is 11.9 Å². The Kier molecular flexibility index (Phi) is 3.55. The molecule has 28 heavy (non-hydrogen) atoms. The first-order valence-corrected chi connectivity index (χ1v) is 9.87. The molecule has 0 aromatic heterocycles. The minimum Gasteiger partial charge on any atom is -0.459 e. The molecule has 0 unspecified atom stereocenters. The summed E-state index contributed by atoms with van der Waals surface area (Å²) in [5.74, 6) is -2.58. The van der Waals surface area contributed by atoms with Gasteiger partial charge in [0.25, 0.3) is 0 Å². The predicted molar refractivity (Wildman–Crippen MR) is 92.9 cm³/mol. The SMILES string of the molecule is C/C=C(\C)C(=O)O[C@H]1C[C@@H]2[C@@]3(C)O[C@H]3[C@H]3OC(=O)[C@@H](CO)[C@H]3[C@H](O)[C@]23O[C@]13C. The first-order chi connectivity index (χ1) is 13.2. The minimum atomic E-state index is -1.03. The lowest BCUT2D eigenvalue weighted by Crippen LogP contribution is -2.49. The van der Waals surface area contributed by atoms with Crippen molar-refractivity contribution in [3.05, 3.63) is 11.6 Å². The van der Waals surface area contributed by atoms with Gasteiger partial charge in [0.15, 0.2) is 0 Å². The Bertz CT molecular complexity index is 793. The van der Waals surface area contributed by atoms with Crippen LogP contribution in [0.15, 0.2) is 11.6 Å². The summed E-state index contributed by atoms with van der Waals surface area (Å²) >= 11 is 0. The van der Waals surface area contributed by atoms with E-state index in [1.165, 1.54) is 0 Å². The third-order valence-electron chi connectivity index (χ3n) is 7.98. The molecule has 3 heterocycles. The van der Waals surface area contributed by atoms with E-state index in [0.29, 0.717) is 12.0 Å². The van der Waals surface area contributed by atoms with Crippen molar-refractivity contribution >= 4 is 11.9 Å². The van der Waals surface area contributed by atoms with E-state index in [1.54, 1.807) is 19.9 Å². The summed E-state index contributed by atoms with van der Waals surface area (Å²) in [5.41, 5.74) is -2.00. The Labute approximate surface area is 162 Å². The number of aliphatic hydroxyl groups excluding tert-OH is 2. The molecule has 0 aromatic rings. The fourth-order valence-electron chi connectivity index (χ4n) is 6.14. The molecule has 154 valence electrons. The highest BCUT2D eigenvalue weighted by molar-refractivity contribution is 5.88. The topological polar surface area (TPSA) is 118 Å². The number of ether oxygens (including phenoxy) is 4. The van der Waals surface area contributed by atoms with Crippen molar-refractivity contribution in [1.29, 1.82) is 0 Å². The molecule has 2 saturated carbocycles. The molecular formula is C20H26O8. The lowest BCUT2D eigenvalue weighted by atomic mass is 9.74. The summed E-state index contributed by atoms with van der Waals surface area (Å²) in [6.45, 7) is 6.83. The lowest BCUT2D eigenvalue weighted by Gasteiger charge is -2.31. The molecule has 1 spiro atoms. The van der Waals surface area contributed by atoms with Gasteiger partial charge in [-0.3, -0.25) is 4.79 Å². The van der Waals surface area contributed by atoms with Gasteiger partial charge in [-0.15, -0.1) is 0 Å². The molecule has 8 nitrogen and oxygen atoms in total. The number of carbonyl (C=O) groups is 2.